The maximum Gasteiger partial charge on any atom is 0.0345 e. The largest absolute Gasteiger partial charge is 0.327 e. The first-order chi connectivity index (χ1) is 7.66. The maximum atomic E-state index is 6.16. The summed E-state index contributed by atoms with van der Waals surface area (Å²) < 4.78 is 1.37. The van der Waals surface area contributed by atoms with E-state index >= 15 is 0 Å². The zero-order chi connectivity index (χ0) is 11.5. The summed E-state index contributed by atoms with van der Waals surface area (Å²) in [6.07, 6.45) is 2.10. The molecule has 0 aliphatic carbocycles. The molecule has 1 aromatic carbocycles. The molecule has 2 rings (SSSR count). The standard InChI is InChI=1S/C14H19NS.ClH/c1-10(2)7-12(15)8-11-9-16-14-6-4-3-5-13(11)14;/h3-6,9-10,12H,7-8,15H2,1-2H3;1H. The molecule has 0 bridgehead atoms. The zero-order valence-electron chi connectivity index (χ0n) is 10.3. The number of halogens is 1. The molecule has 2 aromatic rings. The summed E-state index contributed by atoms with van der Waals surface area (Å²) in [6.45, 7) is 4.46. The molecule has 0 aliphatic heterocycles. The van der Waals surface area contributed by atoms with Crippen LogP contribution in [-0.2, 0) is 6.42 Å². The van der Waals surface area contributed by atoms with Crippen LogP contribution in [0.25, 0.3) is 10.1 Å². The van der Waals surface area contributed by atoms with E-state index in [1.807, 2.05) is 11.3 Å². The van der Waals surface area contributed by atoms with Crippen molar-refractivity contribution in [2.45, 2.75) is 32.7 Å². The molecule has 1 nitrogen and oxygen atoms in total. The van der Waals surface area contributed by atoms with Crippen molar-refractivity contribution in [1.82, 2.24) is 0 Å². The van der Waals surface area contributed by atoms with Gasteiger partial charge in [-0.3, -0.25) is 0 Å². The molecule has 0 saturated carbocycles. The molecule has 0 aliphatic rings. The van der Waals surface area contributed by atoms with E-state index < -0.39 is 0 Å². The molecule has 0 spiro atoms. The molecule has 1 aromatic heterocycles. The molecule has 0 radical (unpaired) electrons. The zero-order valence-corrected chi connectivity index (χ0v) is 12.0. The van der Waals surface area contributed by atoms with Crippen molar-refractivity contribution < 1.29 is 0 Å². The van der Waals surface area contributed by atoms with Gasteiger partial charge in [0.25, 0.3) is 0 Å². The van der Waals surface area contributed by atoms with E-state index in [-0.39, 0.29) is 18.4 Å². The Morgan fingerprint density at radius 2 is 1.94 bits per heavy atom. The van der Waals surface area contributed by atoms with E-state index in [4.69, 9.17) is 5.73 Å². The average molecular weight is 270 g/mol. The minimum absolute atomic E-state index is 0. The number of benzene rings is 1. The molecule has 0 amide bonds. The number of nitrogens with two attached hydrogens (primary N) is 1. The maximum absolute atomic E-state index is 6.16. The van der Waals surface area contributed by atoms with Crippen LogP contribution in [-0.4, -0.2) is 6.04 Å². The van der Waals surface area contributed by atoms with Gasteiger partial charge in [0.05, 0.1) is 0 Å². The fourth-order valence-corrected chi connectivity index (χ4v) is 3.14. The lowest BCUT2D eigenvalue weighted by Gasteiger charge is -2.13. The fourth-order valence-electron chi connectivity index (χ4n) is 2.16. The highest BCUT2D eigenvalue weighted by Crippen LogP contribution is 2.26. The van der Waals surface area contributed by atoms with Gasteiger partial charge in [-0.2, -0.15) is 0 Å². The Morgan fingerprint density at radius 3 is 2.65 bits per heavy atom. The van der Waals surface area contributed by atoms with Crippen LogP contribution in [0.1, 0.15) is 25.8 Å². The normalized spacial score (nSPS) is 12.7. The minimum atomic E-state index is 0. The third-order valence-corrected chi connectivity index (χ3v) is 3.83. The van der Waals surface area contributed by atoms with Crippen LogP contribution >= 0.6 is 23.7 Å². The molecule has 17 heavy (non-hydrogen) atoms. The number of hydrogen-bond acceptors (Lipinski definition) is 2. The van der Waals surface area contributed by atoms with Gasteiger partial charge in [0.15, 0.2) is 0 Å². The van der Waals surface area contributed by atoms with Gasteiger partial charge >= 0.3 is 0 Å². The molecule has 2 N–H and O–H groups in total. The van der Waals surface area contributed by atoms with Gasteiger partial charge in [-0.15, -0.1) is 23.7 Å². The van der Waals surface area contributed by atoms with E-state index in [9.17, 15) is 0 Å². The molecule has 94 valence electrons. The van der Waals surface area contributed by atoms with E-state index in [0.29, 0.717) is 5.92 Å². The number of fused-ring (bicyclic) bond motifs is 1. The SMILES string of the molecule is CC(C)CC(N)Cc1csc2ccccc12.Cl. The first-order valence-electron chi connectivity index (χ1n) is 5.87. The van der Waals surface area contributed by atoms with Crippen LogP contribution in [0.4, 0.5) is 0 Å². The predicted molar refractivity (Wildman–Crippen MR) is 80.2 cm³/mol. The first-order valence-corrected chi connectivity index (χ1v) is 6.75. The van der Waals surface area contributed by atoms with Crippen molar-refractivity contribution in [2.24, 2.45) is 11.7 Å². The third kappa shape index (κ3) is 3.70. The summed E-state index contributed by atoms with van der Waals surface area (Å²) in [6, 6.07) is 8.86. The molecule has 0 fully saturated rings. The number of rotatable bonds is 4. The van der Waals surface area contributed by atoms with Crippen molar-refractivity contribution >= 4 is 33.8 Å². The Morgan fingerprint density at radius 1 is 1.24 bits per heavy atom. The van der Waals surface area contributed by atoms with Crippen molar-refractivity contribution in [1.29, 1.82) is 0 Å². The second kappa shape index (κ2) is 6.39. The second-order valence-corrected chi connectivity index (χ2v) is 5.76. The van der Waals surface area contributed by atoms with Crippen LogP contribution in [0.5, 0.6) is 0 Å². The molecule has 3 heteroatoms. The highest BCUT2D eigenvalue weighted by Gasteiger charge is 2.10. The van der Waals surface area contributed by atoms with E-state index in [1.54, 1.807) is 0 Å². The Kier molecular flexibility index (Phi) is 5.44. The quantitative estimate of drug-likeness (QED) is 0.883. The molecular weight excluding hydrogens is 250 g/mol. The Bertz CT molecular complexity index is 464. The first kappa shape index (κ1) is 14.5. The van der Waals surface area contributed by atoms with Gasteiger partial charge in [-0.25, -0.2) is 0 Å². The smallest absolute Gasteiger partial charge is 0.0345 e. The van der Waals surface area contributed by atoms with Crippen molar-refractivity contribution in [3.8, 4) is 0 Å². The Balaban J connectivity index is 0.00000144. The highest BCUT2D eigenvalue weighted by molar-refractivity contribution is 7.17. The summed E-state index contributed by atoms with van der Waals surface area (Å²) in [5, 5.41) is 3.64. The Labute approximate surface area is 113 Å². The monoisotopic (exact) mass is 269 g/mol. The molecule has 1 atom stereocenters. The second-order valence-electron chi connectivity index (χ2n) is 4.85. The van der Waals surface area contributed by atoms with Gasteiger partial charge in [0.1, 0.15) is 0 Å². The summed E-state index contributed by atoms with van der Waals surface area (Å²) in [4.78, 5) is 0. The Hall–Kier alpha value is -0.570. The fraction of sp³-hybridized carbons (Fsp3) is 0.429. The van der Waals surface area contributed by atoms with Crippen LogP contribution in [0.3, 0.4) is 0 Å². The van der Waals surface area contributed by atoms with Gasteiger partial charge in [-0.05, 0) is 41.2 Å². The minimum Gasteiger partial charge on any atom is -0.327 e. The van der Waals surface area contributed by atoms with E-state index in [1.165, 1.54) is 15.6 Å². The van der Waals surface area contributed by atoms with Crippen LogP contribution in [0.2, 0.25) is 0 Å². The summed E-state index contributed by atoms with van der Waals surface area (Å²) in [7, 11) is 0. The topological polar surface area (TPSA) is 26.0 Å². The summed E-state index contributed by atoms with van der Waals surface area (Å²) in [5.74, 6) is 0.680. The molecule has 1 heterocycles. The molecule has 0 saturated heterocycles. The predicted octanol–water partition coefficient (Wildman–Crippen LogP) is 4.24. The van der Waals surface area contributed by atoms with Gasteiger partial charge in [-0.1, -0.05) is 32.0 Å². The van der Waals surface area contributed by atoms with Crippen LogP contribution in [0, 0.1) is 5.92 Å². The average Bonchev–Trinajstić information content (AvgIpc) is 2.61. The van der Waals surface area contributed by atoms with Gasteiger partial charge < -0.3 is 5.73 Å². The third-order valence-electron chi connectivity index (χ3n) is 2.82. The van der Waals surface area contributed by atoms with E-state index in [0.717, 1.165) is 12.8 Å². The van der Waals surface area contributed by atoms with Gasteiger partial charge in [0.2, 0.25) is 0 Å². The van der Waals surface area contributed by atoms with Gasteiger partial charge in [0, 0.05) is 10.7 Å². The van der Waals surface area contributed by atoms with Crippen LogP contribution in [0.15, 0.2) is 29.6 Å². The lowest BCUT2D eigenvalue weighted by atomic mass is 9.98. The molecular formula is C14H20ClNS. The number of hydrogen-bond donors (Lipinski definition) is 1. The molecule has 1 unspecified atom stereocenters. The van der Waals surface area contributed by atoms with Crippen molar-refractivity contribution in [3.63, 3.8) is 0 Å². The summed E-state index contributed by atoms with van der Waals surface area (Å²) >= 11 is 1.82. The highest BCUT2D eigenvalue weighted by atomic mass is 35.5. The van der Waals surface area contributed by atoms with Crippen LogP contribution < -0.4 is 5.73 Å². The van der Waals surface area contributed by atoms with Crippen molar-refractivity contribution in [3.05, 3.63) is 35.2 Å². The van der Waals surface area contributed by atoms with E-state index in [2.05, 4.69) is 43.5 Å². The lowest BCUT2D eigenvalue weighted by Crippen LogP contribution is -2.24. The lowest BCUT2D eigenvalue weighted by molar-refractivity contribution is 0.494. The van der Waals surface area contributed by atoms with Crippen molar-refractivity contribution in [2.75, 3.05) is 0 Å². The number of thiophene rings is 1. The summed E-state index contributed by atoms with van der Waals surface area (Å²) in [5.41, 5.74) is 7.57.